The van der Waals surface area contributed by atoms with Crippen LogP contribution in [0.5, 0.6) is 0 Å². The van der Waals surface area contributed by atoms with Gasteiger partial charge in [-0.3, -0.25) is 9.69 Å². The van der Waals surface area contributed by atoms with Crippen molar-refractivity contribution in [2.24, 2.45) is 5.92 Å². The Bertz CT molecular complexity index is 494. The highest BCUT2D eigenvalue weighted by Crippen LogP contribution is 2.33. The van der Waals surface area contributed by atoms with Gasteiger partial charge in [-0.2, -0.15) is 0 Å². The standard InChI is InChI=1S/C16H24N2O3S/c1-20-8-7-17-10-12-13(11-17)18(6-5-14(12)21-2)16(19)15-4-3-9-22-15/h3-4,9,12-14H,5-8,10-11H2,1-2H3/t12-,13+,14-/m1/s1. The maximum atomic E-state index is 12.8. The van der Waals surface area contributed by atoms with Crippen LogP contribution in [0.4, 0.5) is 0 Å². The van der Waals surface area contributed by atoms with Gasteiger partial charge >= 0.3 is 0 Å². The molecular weight excluding hydrogens is 300 g/mol. The summed E-state index contributed by atoms with van der Waals surface area (Å²) in [7, 11) is 3.52. The maximum Gasteiger partial charge on any atom is 0.264 e. The van der Waals surface area contributed by atoms with Crippen LogP contribution < -0.4 is 0 Å². The minimum Gasteiger partial charge on any atom is -0.383 e. The number of amides is 1. The number of piperidine rings is 1. The van der Waals surface area contributed by atoms with Crippen LogP contribution >= 0.6 is 11.3 Å². The summed E-state index contributed by atoms with van der Waals surface area (Å²) in [5, 5.41) is 1.96. The molecule has 2 aliphatic heterocycles. The van der Waals surface area contributed by atoms with Gasteiger partial charge in [-0.1, -0.05) is 6.07 Å². The average Bonchev–Trinajstić information content (AvgIpc) is 3.20. The molecule has 0 saturated carbocycles. The number of carbonyl (C=O) groups is 1. The van der Waals surface area contributed by atoms with Crippen LogP contribution in [-0.2, 0) is 9.47 Å². The molecule has 0 bridgehead atoms. The molecule has 1 aromatic heterocycles. The van der Waals surface area contributed by atoms with Crippen molar-refractivity contribution >= 4 is 17.2 Å². The van der Waals surface area contributed by atoms with Gasteiger partial charge in [0.25, 0.3) is 5.91 Å². The monoisotopic (exact) mass is 324 g/mol. The first kappa shape index (κ1) is 15.9. The van der Waals surface area contributed by atoms with Crippen LogP contribution in [0, 0.1) is 5.92 Å². The Hall–Kier alpha value is -0.950. The van der Waals surface area contributed by atoms with E-state index in [-0.39, 0.29) is 18.1 Å². The zero-order valence-corrected chi connectivity index (χ0v) is 14.1. The molecular formula is C16H24N2O3S. The normalized spacial score (nSPS) is 28.8. The van der Waals surface area contributed by atoms with Crippen LogP contribution in [0.2, 0.25) is 0 Å². The molecule has 0 N–H and O–H groups in total. The van der Waals surface area contributed by atoms with Crippen LogP contribution in [0.25, 0.3) is 0 Å². The Kier molecular flexibility index (Phi) is 5.13. The Morgan fingerprint density at radius 3 is 2.95 bits per heavy atom. The van der Waals surface area contributed by atoms with E-state index in [9.17, 15) is 4.79 Å². The number of hydrogen-bond acceptors (Lipinski definition) is 5. The van der Waals surface area contributed by atoms with Crippen molar-refractivity contribution in [1.29, 1.82) is 0 Å². The first-order chi connectivity index (χ1) is 10.7. The van der Waals surface area contributed by atoms with Crippen molar-refractivity contribution in [2.45, 2.75) is 18.6 Å². The second-order valence-corrected chi connectivity index (χ2v) is 6.97. The minimum atomic E-state index is 0.174. The van der Waals surface area contributed by atoms with Gasteiger partial charge in [0.15, 0.2) is 0 Å². The lowest BCUT2D eigenvalue weighted by molar-refractivity contribution is -0.0155. The molecule has 3 atom stereocenters. The van der Waals surface area contributed by atoms with E-state index in [4.69, 9.17) is 9.47 Å². The van der Waals surface area contributed by atoms with Crippen molar-refractivity contribution in [3.63, 3.8) is 0 Å². The molecule has 2 aliphatic rings. The van der Waals surface area contributed by atoms with E-state index in [1.807, 2.05) is 17.5 Å². The van der Waals surface area contributed by atoms with Crippen LogP contribution in [0.15, 0.2) is 17.5 Å². The van der Waals surface area contributed by atoms with Gasteiger partial charge < -0.3 is 14.4 Å². The van der Waals surface area contributed by atoms with Crippen molar-refractivity contribution < 1.29 is 14.3 Å². The molecule has 3 heterocycles. The number of ether oxygens (including phenoxy) is 2. The number of hydrogen-bond donors (Lipinski definition) is 0. The lowest BCUT2D eigenvalue weighted by atomic mass is 9.89. The SMILES string of the molecule is COCCN1C[C@H]2[C@H](OC)CCN(C(=O)c3cccs3)[C@H]2C1. The molecule has 22 heavy (non-hydrogen) atoms. The zero-order chi connectivity index (χ0) is 15.5. The third-order valence-corrected chi connectivity index (χ3v) is 5.71. The van der Waals surface area contributed by atoms with E-state index < -0.39 is 0 Å². The molecule has 122 valence electrons. The molecule has 2 saturated heterocycles. The molecule has 3 rings (SSSR count). The largest absolute Gasteiger partial charge is 0.383 e. The summed E-state index contributed by atoms with van der Waals surface area (Å²) >= 11 is 1.52. The van der Waals surface area contributed by atoms with E-state index in [1.165, 1.54) is 11.3 Å². The second kappa shape index (κ2) is 7.08. The van der Waals surface area contributed by atoms with Gasteiger partial charge in [-0.25, -0.2) is 0 Å². The predicted octanol–water partition coefficient (Wildman–Crippen LogP) is 1.56. The van der Waals surface area contributed by atoms with E-state index in [2.05, 4.69) is 9.80 Å². The van der Waals surface area contributed by atoms with Crippen molar-refractivity contribution in [3.8, 4) is 0 Å². The Morgan fingerprint density at radius 1 is 1.41 bits per heavy atom. The molecule has 6 heteroatoms. The highest BCUT2D eigenvalue weighted by Gasteiger charge is 2.46. The Morgan fingerprint density at radius 2 is 2.27 bits per heavy atom. The van der Waals surface area contributed by atoms with E-state index in [1.54, 1.807) is 14.2 Å². The van der Waals surface area contributed by atoms with Gasteiger partial charge in [0.1, 0.15) is 0 Å². The smallest absolute Gasteiger partial charge is 0.264 e. The third kappa shape index (κ3) is 3.06. The molecule has 1 amide bonds. The molecule has 0 unspecified atom stereocenters. The van der Waals surface area contributed by atoms with Crippen molar-refractivity contribution in [3.05, 3.63) is 22.4 Å². The maximum absolute atomic E-state index is 12.8. The number of fused-ring (bicyclic) bond motifs is 1. The molecule has 1 aromatic rings. The summed E-state index contributed by atoms with van der Waals surface area (Å²) in [4.78, 5) is 18.1. The fraction of sp³-hybridized carbons (Fsp3) is 0.688. The first-order valence-corrected chi connectivity index (χ1v) is 8.71. The highest BCUT2D eigenvalue weighted by molar-refractivity contribution is 7.12. The molecule has 0 spiro atoms. The number of rotatable bonds is 5. The zero-order valence-electron chi connectivity index (χ0n) is 13.2. The first-order valence-electron chi connectivity index (χ1n) is 7.83. The lowest BCUT2D eigenvalue weighted by Crippen LogP contribution is -2.53. The summed E-state index contributed by atoms with van der Waals surface area (Å²) in [6.07, 6.45) is 1.18. The number of methoxy groups -OCH3 is 2. The predicted molar refractivity (Wildman–Crippen MR) is 86.4 cm³/mol. The van der Waals surface area contributed by atoms with E-state index in [0.717, 1.165) is 44.1 Å². The second-order valence-electron chi connectivity index (χ2n) is 6.02. The van der Waals surface area contributed by atoms with Crippen molar-refractivity contribution in [2.75, 3.05) is 47.0 Å². The van der Waals surface area contributed by atoms with Gasteiger partial charge in [0.05, 0.1) is 23.6 Å². The number of carbonyl (C=O) groups excluding carboxylic acids is 1. The summed E-state index contributed by atoms with van der Waals surface area (Å²) in [5.74, 6) is 0.577. The van der Waals surface area contributed by atoms with Crippen LogP contribution in [0.3, 0.4) is 0 Å². The Labute approximate surface area is 135 Å². The number of thiophene rings is 1. The lowest BCUT2D eigenvalue weighted by Gasteiger charge is -2.41. The fourth-order valence-corrected chi connectivity index (χ4v) is 4.40. The summed E-state index contributed by atoms with van der Waals surface area (Å²) in [5.41, 5.74) is 0. The summed E-state index contributed by atoms with van der Waals surface area (Å²) in [6, 6.07) is 4.11. The average molecular weight is 324 g/mol. The van der Waals surface area contributed by atoms with Gasteiger partial charge in [-0.15, -0.1) is 11.3 Å². The van der Waals surface area contributed by atoms with Crippen molar-refractivity contribution in [1.82, 2.24) is 9.80 Å². The van der Waals surface area contributed by atoms with Gasteiger partial charge in [-0.05, 0) is 17.9 Å². The summed E-state index contributed by atoms with van der Waals surface area (Å²) < 4.78 is 10.9. The van der Waals surface area contributed by atoms with Gasteiger partial charge in [0.2, 0.25) is 0 Å². The molecule has 0 radical (unpaired) electrons. The van der Waals surface area contributed by atoms with Crippen LogP contribution in [-0.4, -0.2) is 74.9 Å². The van der Waals surface area contributed by atoms with E-state index >= 15 is 0 Å². The number of nitrogens with zero attached hydrogens (tertiary/aromatic N) is 2. The minimum absolute atomic E-state index is 0.174. The van der Waals surface area contributed by atoms with Gasteiger partial charge in [0, 0.05) is 46.3 Å². The molecule has 5 nitrogen and oxygen atoms in total. The van der Waals surface area contributed by atoms with E-state index in [0.29, 0.717) is 5.92 Å². The number of likely N-dealkylation sites (tertiary alicyclic amines) is 2. The fourth-order valence-electron chi connectivity index (χ4n) is 3.73. The molecule has 0 aliphatic carbocycles. The molecule has 2 fully saturated rings. The quantitative estimate of drug-likeness (QED) is 0.824. The topological polar surface area (TPSA) is 42.0 Å². The van der Waals surface area contributed by atoms with Crippen LogP contribution in [0.1, 0.15) is 16.1 Å². The Balaban J connectivity index is 1.74. The highest BCUT2D eigenvalue weighted by atomic mass is 32.1. The molecule has 0 aromatic carbocycles. The summed E-state index contributed by atoms with van der Waals surface area (Å²) in [6.45, 7) is 4.34. The third-order valence-electron chi connectivity index (χ3n) is 4.85.